The average Bonchev–Trinajstić information content (AvgIpc) is 2.01. The zero-order valence-corrected chi connectivity index (χ0v) is 9.17. The Labute approximate surface area is 99.8 Å². The van der Waals surface area contributed by atoms with Crippen LogP contribution >= 0.6 is 0 Å². The minimum atomic E-state index is -4.46. The largest absolute Gasteiger partial charge is 1.00 e. The van der Waals surface area contributed by atoms with Gasteiger partial charge in [0.1, 0.15) is 10.1 Å². The van der Waals surface area contributed by atoms with E-state index in [4.69, 9.17) is 0 Å². The fourth-order valence-corrected chi connectivity index (χ4v) is 1.45. The molecule has 0 bridgehead atoms. The van der Waals surface area contributed by atoms with Crippen LogP contribution in [0, 0.1) is 0 Å². The van der Waals surface area contributed by atoms with Gasteiger partial charge in [0.15, 0.2) is 0 Å². The maximum Gasteiger partial charge on any atom is 1.00 e. The zero-order valence-electron chi connectivity index (χ0n) is 8.35. The first kappa shape index (κ1) is 14.2. The maximum absolute atomic E-state index is 10.6. The summed E-state index contributed by atoms with van der Waals surface area (Å²) in [6.45, 7) is 1.29. The van der Waals surface area contributed by atoms with E-state index in [9.17, 15) is 17.8 Å². The first-order valence-electron chi connectivity index (χ1n) is 3.73. The predicted molar refractivity (Wildman–Crippen MR) is 48.7 cm³/mol. The number of nitrogens with one attached hydrogen (secondary N) is 1. The molecule has 0 aliphatic rings. The molecule has 0 aromatic heterocycles. The van der Waals surface area contributed by atoms with Gasteiger partial charge in [-0.1, -0.05) is 6.07 Å². The third-order valence-corrected chi connectivity index (χ3v) is 2.27. The molecule has 1 N–H and O–H groups in total. The Bertz CT molecular complexity index is 457. The van der Waals surface area contributed by atoms with Crippen molar-refractivity contribution in [3.05, 3.63) is 24.3 Å². The molecule has 0 atom stereocenters. The van der Waals surface area contributed by atoms with Crippen molar-refractivity contribution in [1.82, 2.24) is 0 Å². The van der Waals surface area contributed by atoms with E-state index in [1.807, 2.05) is 0 Å². The molecule has 0 radical (unpaired) electrons. The Kier molecular flexibility index (Phi) is 5.04. The minimum Gasteiger partial charge on any atom is -0.744 e. The molecule has 1 aromatic rings. The van der Waals surface area contributed by atoms with Crippen molar-refractivity contribution < 1.29 is 36.6 Å². The van der Waals surface area contributed by atoms with Crippen molar-refractivity contribution in [3.8, 4) is 0 Å². The predicted octanol–water partition coefficient (Wildman–Crippen LogP) is -2.45. The van der Waals surface area contributed by atoms with Gasteiger partial charge >= 0.3 is 18.9 Å². The van der Waals surface area contributed by atoms with Gasteiger partial charge in [0, 0.05) is 12.6 Å². The second kappa shape index (κ2) is 5.33. The smallest absolute Gasteiger partial charge is 0.744 e. The molecule has 0 spiro atoms. The van der Waals surface area contributed by atoms with Crippen LogP contribution in [0.1, 0.15) is 6.92 Å². The molecule has 15 heavy (non-hydrogen) atoms. The number of hydrogen-bond acceptors (Lipinski definition) is 4. The molecule has 0 heterocycles. The van der Waals surface area contributed by atoms with Crippen molar-refractivity contribution in [2.45, 2.75) is 11.8 Å². The van der Waals surface area contributed by atoms with Gasteiger partial charge in [-0.25, -0.2) is 8.42 Å². The number of amides is 1. The molecule has 76 valence electrons. The van der Waals surface area contributed by atoms with E-state index in [0.717, 1.165) is 6.07 Å². The summed E-state index contributed by atoms with van der Waals surface area (Å²) in [5.74, 6) is -0.328. The number of rotatable bonds is 2. The standard InChI is InChI=1S/C8H9NO4S.Li/c1-6(10)9-7-3-2-4-8(5-7)14(11,12)13;/h2-5H,1H3,(H,9,10)(H,11,12,13);/q;+1/p-1. The van der Waals surface area contributed by atoms with Crippen LogP contribution in [-0.4, -0.2) is 18.9 Å². The molecule has 0 saturated heterocycles. The van der Waals surface area contributed by atoms with Gasteiger partial charge < -0.3 is 9.87 Å². The second-order valence-electron chi connectivity index (χ2n) is 2.66. The molecule has 0 unspecified atom stereocenters. The fourth-order valence-electron chi connectivity index (χ4n) is 0.933. The van der Waals surface area contributed by atoms with Gasteiger partial charge in [-0.2, -0.15) is 0 Å². The van der Waals surface area contributed by atoms with E-state index in [-0.39, 0.29) is 35.4 Å². The van der Waals surface area contributed by atoms with Crippen molar-refractivity contribution in [2.75, 3.05) is 5.32 Å². The van der Waals surface area contributed by atoms with Crippen molar-refractivity contribution in [1.29, 1.82) is 0 Å². The quantitative estimate of drug-likeness (QED) is 0.444. The van der Waals surface area contributed by atoms with Crippen LogP contribution in [0.15, 0.2) is 29.2 Å². The van der Waals surface area contributed by atoms with E-state index < -0.39 is 10.1 Å². The third-order valence-electron chi connectivity index (χ3n) is 1.44. The summed E-state index contributed by atoms with van der Waals surface area (Å²) in [7, 11) is -4.46. The van der Waals surface area contributed by atoms with Crippen LogP contribution in [0.4, 0.5) is 5.69 Å². The summed E-state index contributed by atoms with van der Waals surface area (Å²) in [5, 5.41) is 2.38. The topological polar surface area (TPSA) is 86.3 Å². The molecule has 7 heteroatoms. The number of carbonyl (C=O) groups is 1. The molecule has 0 aliphatic heterocycles. The third kappa shape index (κ3) is 4.49. The Morgan fingerprint density at radius 2 is 2.00 bits per heavy atom. The monoisotopic (exact) mass is 221 g/mol. The molecular weight excluding hydrogens is 213 g/mol. The molecule has 5 nitrogen and oxygen atoms in total. The molecule has 1 rings (SSSR count). The Hall–Kier alpha value is -0.803. The van der Waals surface area contributed by atoms with Crippen LogP contribution in [0.3, 0.4) is 0 Å². The van der Waals surface area contributed by atoms with Crippen molar-refractivity contribution >= 4 is 21.7 Å². The van der Waals surface area contributed by atoms with Gasteiger partial charge in [0.2, 0.25) is 5.91 Å². The summed E-state index contributed by atoms with van der Waals surface area (Å²) < 4.78 is 31.8. The second-order valence-corrected chi connectivity index (χ2v) is 4.04. The van der Waals surface area contributed by atoms with Gasteiger partial charge in [-0.05, 0) is 18.2 Å². The molecule has 0 aliphatic carbocycles. The van der Waals surface area contributed by atoms with E-state index in [1.54, 1.807) is 0 Å². The summed E-state index contributed by atoms with van der Waals surface area (Å²) >= 11 is 0. The Balaban J connectivity index is 0.00000196. The molecule has 0 saturated carbocycles. The van der Waals surface area contributed by atoms with E-state index in [1.165, 1.54) is 25.1 Å². The SMILES string of the molecule is CC(=O)Nc1cccc(S(=O)(=O)[O-])c1.[Li+]. The van der Waals surface area contributed by atoms with E-state index in [0.29, 0.717) is 0 Å². The van der Waals surface area contributed by atoms with Crippen molar-refractivity contribution in [3.63, 3.8) is 0 Å². The van der Waals surface area contributed by atoms with Crippen LogP contribution < -0.4 is 24.2 Å². The average molecular weight is 221 g/mol. The van der Waals surface area contributed by atoms with Gasteiger partial charge in [-0.15, -0.1) is 0 Å². The molecule has 1 aromatic carbocycles. The van der Waals surface area contributed by atoms with Crippen LogP contribution in [0.2, 0.25) is 0 Å². The first-order valence-corrected chi connectivity index (χ1v) is 5.14. The maximum atomic E-state index is 10.6. The van der Waals surface area contributed by atoms with Gasteiger partial charge in [-0.3, -0.25) is 4.79 Å². The van der Waals surface area contributed by atoms with Crippen LogP contribution in [-0.2, 0) is 14.9 Å². The number of anilines is 1. The Morgan fingerprint density at radius 3 is 2.47 bits per heavy atom. The summed E-state index contributed by atoms with van der Waals surface area (Å²) in [4.78, 5) is 10.3. The van der Waals surface area contributed by atoms with Crippen molar-refractivity contribution in [2.24, 2.45) is 0 Å². The van der Waals surface area contributed by atoms with E-state index in [2.05, 4.69) is 5.32 Å². The molecular formula is C8H8LiNO4S. The molecule has 1 amide bonds. The minimum absolute atomic E-state index is 0. The fraction of sp³-hybridized carbons (Fsp3) is 0.125. The summed E-state index contributed by atoms with van der Waals surface area (Å²) in [6, 6.07) is 5.17. The summed E-state index contributed by atoms with van der Waals surface area (Å²) in [5.41, 5.74) is 0.287. The normalized spacial score (nSPS) is 10.3. The number of hydrogen-bond donors (Lipinski definition) is 1. The van der Waals surface area contributed by atoms with Crippen LogP contribution in [0.25, 0.3) is 0 Å². The first-order chi connectivity index (χ1) is 6.39. The van der Waals surface area contributed by atoms with E-state index >= 15 is 0 Å². The number of carbonyl (C=O) groups excluding carboxylic acids is 1. The Morgan fingerprint density at radius 1 is 1.40 bits per heavy atom. The van der Waals surface area contributed by atoms with Gasteiger partial charge in [0.05, 0.1) is 4.90 Å². The number of benzene rings is 1. The summed E-state index contributed by atoms with van der Waals surface area (Å²) in [6.07, 6.45) is 0. The van der Waals surface area contributed by atoms with Gasteiger partial charge in [0.25, 0.3) is 0 Å². The molecule has 0 fully saturated rings. The zero-order chi connectivity index (χ0) is 10.8. The van der Waals surface area contributed by atoms with Crippen LogP contribution in [0.5, 0.6) is 0 Å².